The minimum absolute atomic E-state index is 0.0395. The third-order valence-corrected chi connectivity index (χ3v) is 6.17. The minimum atomic E-state index is 0.0395. The first-order valence-corrected chi connectivity index (χ1v) is 9.13. The Morgan fingerprint density at radius 3 is 2.38 bits per heavy atom. The van der Waals surface area contributed by atoms with E-state index in [9.17, 15) is 0 Å². The lowest BCUT2D eigenvalue weighted by molar-refractivity contribution is 0.00849. The first-order valence-electron chi connectivity index (χ1n) is 9.13. The van der Waals surface area contributed by atoms with Crippen LogP contribution in [-0.2, 0) is 12.8 Å². The normalized spacial score (nSPS) is 31.8. The summed E-state index contributed by atoms with van der Waals surface area (Å²) < 4.78 is 6.43. The fraction of sp³-hybridized carbons (Fsp3) is 0.429. The SMILES string of the molecule is c1ccc(OC2NCC3CCC2(C2Cc4ccccc4C2)N3)cc1. The zero-order chi connectivity index (χ0) is 16.0. The molecule has 2 N–H and O–H groups in total. The van der Waals surface area contributed by atoms with E-state index in [4.69, 9.17) is 4.74 Å². The number of hydrogen-bond donors (Lipinski definition) is 2. The number of hydrogen-bond acceptors (Lipinski definition) is 3. The van der Waals surface area contributed by atoms with Crippen molar-refractivity contribution in [3.63, 3.8) is 0 Å². The van der Waals surface area contributed by atoms with Crippen LogP contribution < -0.4 is 15.4 Å². The van der Waals surface area contributed by atoms with E-state index in [0.29, 0.717) is 12.0 Å². The predicted molar refractivity (Wildman–Crippen MR) is 95.1 cm³/mol. The third-order valence-electron chi connectivity index (χ3n) is 6.17. The Morgan fingerprint density at radius 1 is 0.917 bits per heavy atom. The molecular weight excluding hydrogens is 296 g/mol. The molecule has 0 radical (unpaired) electrons. The lowest BCUT2D eigenvalue weighted by Gasteiger charge is -2.46. The van der Waals surface area contributed by atoms with Crippen LogP contribution in [0.15, 0.2) is 54.6 Å². The fourth-order valence-electron chi connectivity index (χ4n) is 4.97. The Morgan fingerprint density at radius 2 is 1.62 bits per heavy atom. The highest BCUT2D eigenvalue weighted by Crippen LogP contribution is 2.43. The minimum Gasteiger partial charge on any atom is -0.473 e. The van der Waals surface area contributed by atoms with Gasteiger partial charge in [0.2, 0.25) is 0 Å². The molecule has 3 unspecified atom stereocenters. The number of fused-ring (bicyclic) bond motifs is 3. The molecule has 0 amide bonds. The van der Waals surface area contributed by atoms with Crippen LogP contribution in [0.25, 0.3) is 0 Å². The molecule has 124 valence electrons. The molecule has 0 saturated carbocycles. The van der Waals surface area contributed by atoms with Gasteiger partial charge in [-0.3, -0.25) is 5.32 Å². The van der Waals surface area contributed by atoms with Gasteiger partial charge >= 0.3 is 0 Å². The van der Waals surface area contributed by atoms with E-state index in [1.807, 2.05) is 18.2 Å². The quantitative estimate of drug-likeness (QED) is 0.912. The van der Waals surface area contributed by atoms with Crippen LogP contribution in [0, 0.1) is 5.92 Å². The van der Waals surface area contributed by atoms with Gasteiger partial charge in [0.1, 0.15) is 5.75 Å². The highest BCUT2D eigenvalue weighted by Gasteiger charge is 2.55. The number of nitrogens with one attached hydrogen (secondary N) is 2. The molecule has 2 aromatic carbocycles. The molecule has 0 spiro atoms. The van der Waals surface area contributed by atoms with Crippen LogP contribution in [0.1, 0.15) is 24.0 Å². The van der Waals surface area contributed by atoms with Crippen LogP contribution in [0.3, 0.4) is 0 Å². The average Bonchev–Trinajstić information content (AvgIpc) is 3.21. The number of benzene rings is 2. The van der Waals surface area contributed by atoms with E-state index in [1.54, 1.807) is 0 Å². The summed E-state index contributed by atoms with van der Waals surface area (Å²) in [5.41, 5.74) is 3.08. The maximum atomic E-state index is 6.43. The Balaban J connectivity index is 1.45. The number of ether oxygens (including phenoxy) is 1. The van der Waals surface area contributed by atoms with Crippen molar-refractivity contribution in [3.05, 3.63) is 65.7 Å². The summed E-state index contributed by atoms with van der Waals surface area (Å²) in [6.45, 7) is 0.999. The van der Waals surface area contributed by atoms with Gasteiger partial charge in [-0.1, -0.05) is 42.5 Å². The number of piperazine rings is 1. The predicted octanol–water partition coefficient (Wildman–Crippen LogP) is 2.90. The standard InChI is InChI=1S/C21H24N2O/c1-2-8-19(9-3-1)24-20-21(11-10-18(23-21)14-22-20)17-12-15-6-4-5-7-16(15)13-17/h1-9,17-18,20,22-23H,10-14H2. The molecule has 5 rings (SSSR count). The third kappa shape index (κ3) is 2.27. The Kier molecular flexibility index (Phi) is 3.39. The molecule has 3 aliphatic rings. The summed E-state index contributed by atoms with van der Waals surface area (Å²) in [5.74, 6) is 1.55. The number of para-hydroxylation sites is 1. The van der Waals surface area contributed by atoms with Crippen molar-refractivity contribution in [2.75, 3.05) is 6.54 Å². The molecule has 3 heteroatoms. The molecule has 3 nitrogen and oxygen atoms in total. The summed E-state index contributed by atoms with van der Waals surface area (Å²) in [4.78, 5) is 0. The summed E-state index contributed by atoms with van der Waals surface area (Å²) >= 11 is 0. The van der Waals surface area contributed by atoms with Crippen molar-refractivity contribution in [2.45, 2.75) is 43.5 Å². The first-order chi connectivity index (χ1) is 11.8. The van der Waals surface area contributed by atoms with Crippen LogP contribution >= 0.6 is 0 Å². The number of rotatable bonds is 3. The molecule has 2 aliphatic heterocycles. The molecule has 24 heavy (non-hydrogen) atoms. The summed E-state index contributed by atoms with van der Waals surface area (Å²) in [6.07, 6.45) is 4.80. The monoisotopic (exact) mass is 320 g/mol. The van der Waals surface area contributed by atoms with Gasteiger partial charge in [-0.15, -0.1) is 0 Å². The maximum absolute atomic E-state index is 6.43. The highest BCUT2D eigenvalue weighted by molar-refractivity contribution is 5.35. The van der Waals surface area contributed by atoms with Gasteiger partial charge in [0.15, 0.2) is 6.23 Å². The summed E-state index contributed by atoms with van der Waals surface area (Å²) in [5, 5.41) is 7.65. The summed E-state index contributed by atoms with van der Waals surface area (Å²) in [6, 6.07) is 19.7. The van der Waals surface area contributed by atoms with Crippen molar-refractivity contribution in [2.24, 2.45) is 5.92 Å². The average molecular weight is 320 g/mol. The Hall–Kier alpha value is -1.84. The molecular formula is C21H24N2O. The molecule has 2 aromatic rings. The van der Waals surface area contributed by atoms with Gasteiger partial charge in [-0.25, -0.2) is 0 Å². The van der Waals surface area contributed by atoms with Gasteiger partial charge in [-0.05, 0) is 54.9 Å². The van der Waals surface area contributed by atoms with Crippen LogP contribution in [0.2, 0.25) is 0 Å². The molecule has 0 aromatic heterocycles. The molecule has 2 bridgehead atoms. The van der Waals surface area contributed by atoms with E-state index < -0.39 is 0 Å². The van der Waals surface area contributed by atoms with Crippen LogP contribution in [-0.4, -0.2) is 24.4 Å². The van der Waals surface area contributed by atoms with E-state index in [1.165, 1.54) is 24.0 Å². The molecule has 2 fully saturated rings. The van der Waals surface area contributed by atoms with Crippen LogP contribution in [0.4, 0.5) is 0 Å². The zero-order valence-electron chi connectivity index (χ0n) is 13.9. The van der Waals surface area contributed by atoms with Gasteiger partial charge < -0.3 is 10.1 Å². The first kappa shape index (κ1) is 14.5. The van der Waals surface area contributed by atoms with E-state index in [0.717, 1.165) is 25.1 Å². The van der Waals surface area contributed by atoms with Crippen molar-refractivity contribution in [3.8, 4) is 5.75 Å². The maximum Gasteiger partial charge on any atom is 0.168 e. The summed E-state index contributed by atoms with van der Waals surface area (Å²) in [7, 11) is 0. The topological polar surface area (TPSA) is 33.3 Å². The zero-order valence-corrected chi connectivity index (χ0v) is 13.9. The Bertz CT molecular complexity index is 707. The van der Waals surface area contributed by atoms with Gasteiger partial charge in [0.05, 0.1) is 5.54 Å². The van der Waals surface area contributed by atoms with E-state index in [-0.39, 0.29) is 11.8 Å². The smallest absolute Gasteiger partial charge is 0.168 e. The van der Waals surface area contributed by atoms with Gasteiger partial charge in [0.25, 0.3) is 0 Å². The molecule has 2 saturated heterocycles. The molecule has 2 heterocycles. The fourth-order valence-corrected chi connectivity index (χ4v) is 4.97. The second-order valence-corrected chi connectivity index (χ2v) is 7.51. The van der Waals surface area contributed by atoms with Gasteiger partial charge in [-0.2, -0.15) is 0 Å². The lowest BCUT2D eigenvalue weighted by Crippen LogP contribution is -2.69. The van der Waals surface area contributed by atoms with Gasteiger partial charge in [0, 0.05) is 12.6 Å². The second kappa shape index (κ2) is 5.61. The van der Waals surface area contributed by atoms with Crippen molar-refractivity contribution in [1.82, 2.24) is 10.6 Å². The van der Waals surface area contributed by atoms with Crippen molar-refractivity contribution in [1.29, 1.82) is 0 Å². The molecule has 3 atom stereocenters. The van der Waals surface area contributed by atoms with Crippen molar-refractivity contribution >= 4 is 0 Å². The largest absolute Gasteiger partial charge is 0.473 e. The molecule has 1 aliphatic carbocycles. The van der Waals surface area contributed by atoms with E-state index >= 15 is 0 Å². The van der Waals surface area contributed by atoms with Crippen molar-refractivity contribution < 1.29 is 4.74 Å². The second-order valence-electron chi connectivity index (χ2n) is 7.51. The highest BCUT2D eigenvalue weighted by atomic mass is 16.5. The Labute approximate surface area is 143 Å². The van der Waals surface area contributed by atoms with Crippen LogP contribution in [0.5, 0.6) is 5.75 Å². The lowest BCUT2D eigenvalue weighted by atomic mass is 9.78. The van der Waals surface area contributed by atoms with E-state index in [2.05, 4.69) is 47.0 Å².